The molecule has 0 unspecified atom stereocenters. The van der Waals surface area contributed by atoms with Crippen molar-refractivity contribution in [2.24, 2.45) is 0 Å². The van der Waals surface area contributed by atoms with Crippen molar-refractivity contribution in [3.8, 4) is 0 Å². The average Bonchev–Trinajstić information content (AvgIpc) is 3.38. The van der Waals surface area contributed by atoms with Crippen molar-refractivity contribution in [2.45, 2.75) is 35.3 Å². The van der Waals surface area contributed by atoms with E-state index in [9.17, 15) is 17.6 Å². The van der Waals surface area contributed by atoms with Crippen molar-refractivity contribution in [1.82, 2.24) is 9.21 Å². The van der Waals surface area contributed by atoms with Gasteiger partial charge in [0.1, 0.15) is 10.0 Å². The van der Waals surface area contributed by atoms with Crippen molar-refractivity contribution in [3.63, 3.8) is 0 Å². The zero-order chi connectivity index (χ0) is 20.6. The third-order valence-corrected chi connectivity index (χ3v) is 9.51. The molecule has 0 N–H and O–H groups in total. The number of hydrogen-bond acceptors (Lipinski definition) is 4. The smallest absolute Gasteiger partial charge is 0.252 e. The summed E-state index contributed by atoms with van der Waals surface area (Å²) < 4.78 is 41.5. The Labute approximate surface area is 179 Å². The van der Waals surface area contributed by atoms with Crippen LogP contribution in [0.2, 0.25) is 4.34 Å². The van der Waals surface area contributed by atoms with Gasteiger partial charge >= 0.3 is 0 Å². The predicted octanol–water partition coefficient (Wildman–Crippen LogP) is 3.89. The Kier molecular flexibility index (Phi) is 5.72. The molecule has 9 heteroatoms. The molecule has 0 bridgehead atoms. The molecule has 1 aliphatic carbocycles. The van der Waals surface area contributed by atoms with Gasteiger partial charge in [-0.3, -0.25) is 4.79 Å². The highest BCUT2D eigenvalue weighted by Gasteiger charge is 2.46. The average molecular weight is 457 g/mol. The summed E-state index contributed by atoms with van der Waals surface area (Å²) in [5, 5.41) is 0. The monoisotopic (exact) mass is 456 g/mol. The van der Waals surface area contributed by atoms with E-state index in [1.165, 1.54) is 22.5 Å². The van der Waals surface area contributed by atoms with E-state index in [4.69, 9.17) is 11.6 Å². The third-order valence-electron chi connectivity index (χ3n) is 5.91. The number of sulfonamides is 1. The largest absolute Gasteiger partial charge is 0.339 e. The predicted molar refractivity (Wildman–Crippen MR) is 111 cm³/mol. The molecule has 2 aromatic rings. The summed E-state index contributed by atoms with van der Waals surface area (Å²) in [5.41, 5.74) is 0.0213. The van der Waals surface area contributed by atoms with Gasteiger partial charge in [0.2, 0.25) is 5.91 Å². The Morgan fingerprint density at radius 3 is 2.34 bits per heavy atom. The number of halogens is 2. The van der Waals surface area contributed by atoms with Crippen LogP contribution in [-0.2, 0) is 20.2 Å². The first-order chi connectivity index (χ1) is 13.8. The molecule has 1 aromatic carbocycles. The molecule has 1 amide bonds. The van der Waals surface area contributed by atoms with Crippen LogP contribution < -0.4 is 0 Å². The molecule has 2 heterocycles. The van der Waals surface area contributed by atoms with Crippen LogP contribution in [0.5, 0.6) is 0 Å². The van der Waals surface area contributed by atoms with Gasteiger partial charge in [0.25, 0.3) is 10.0 Å². The number of nitrogens with zero attached hydrogens (tertiary/aromatic N) is 2. The molecule has 0 spiro atoms. The number of benzene rings is 1. The summed E-state index contributed by atoms with van der Waals surface area (Å²) in [6, 6.07) is 9.41. The van der Waals surface area contributed by atoms with Crippen molar-refractivity contribution >= 4 is 38.9 Å². The zero-order valence-electron chi connectivity index (χ0n) is 15.8. The van der Waals surface area contributed by atoms with Crippen molar-refractivity contribution in [2.75, 3.05) is 26.2 Å². The normalized spacial score (nSPS) is 20.1. The van der Waals surface area contributed by atoms with Crippen LogP contribution in [0, 0.1) is 5.82 Å². The molecule has 4 rings (SSSR count). The second kappa shape index (κ2) is 7.98. The van der Waals surface area contributed by atoms with E-state index in [0.717, 1.165) is 29.7 Å². The minimum Gasteiger partial charge on any atom is -0.339 e. The van der Waals surface area contributed by atoms with E-state index in [0.29, 0.717) is 30.3 Å². The Morgan fingerprint density at radius 2 is 1.76 bits per heavy atom. The number of rotatable bonds is 4. The summed E-state index contributed by atoms with van der Waals surface area (Å²) in [5.74, 6) is -0.357. The molecule has 1 saturated carbocycles. The highest BCUT2D eigenvalue weighted by molar-refractivity contribution is 7.91. The van der Waals surface area contributed by atoms with E-state index >= 15 is 0 Å². The van der Waals surface area contributed by atoms with Gasteiger partial charge in [-0.2, -0.15) is 4.31 Å². The summed E-state index contributed by atoms with van der Waals surface area (Å²) in [7, 11) is -3.60. The number of carbonyl (C=O) groups is 1. The summed E-state index contributed by atoms with van der Waals surface area (Å²) in [6.07, 6.45) is 3.24. The van der Waals surface area contributed by atoms with Crippen LogP contribution in [0.15, 0.2) is 40.6 Å². The first kappa shape index (κ1) is 20.8. The molecule has 1 aromatic heterocycles. The van der Waals surface area contributed by atoms with Crippen LogP contribution in [0.25, 0.3) is 0 Å². The molecule has 0 radical (unpaired) electrons. The number of amides is 1. The quantitative estimate of drug-likeness (QED) is 0.701. The molecule has 156 valence electrons. The van der Waals surface area contributed by atoms with Crippen molar-refractivity contribution < 1.29 is 17.6 Å². The Balaban J connectivity index is 1.51. The molecule has 0 atom stereocenters. The topological polar surface area (TPSA) is 57.7 Å². The first-order valence-electron chi connectivity index (χ1n) is 9.64. The lowest BCUT2D eigenvalue weighted by Crippen LogP contribution is -2.55. The molecular formula is C20H22ClFN2O3S2. The second-order valence-corrected chi connectivity index (χ2v) is 11.4. The first-order valence-corrected chi connectivity index (χ1v) is 12.3. The summed E-state index contributed by atoms with van der Waals surface area (Å²) in [6.45, 7) is 1.13. The molecule has 5 nitrogen and oxygen atoms in total. The van der Waals surface area contributed by atoms with Gasteiger partial charge in [0.05, 0.1) is 9.75 Å². The van der Waals surface area contributed by atoms with Gasteiger partial charge in [-0.25, -0.2) is 12.8 Å². The molecule has 1 saturated heterocycles. The molecule has 29 heavy (non-hydrogen) atoms. The summed E-state index contributed by atoms with van der Waals surface area (Å²) in [4.78, 5) is 15.2. The Morgan fingerprint density at radius 1 is 1.07 bits per heavy atom. The van der Waals surface area contributed by atoms with Crippen LogP contribution in [0.3, 0.4) is 0 Å². The maximum atomic E-state index is 13.8. The van der Waals surface area contributed by atoms with E-state index in [-0.39, 0.29) is 29.0 Å². The van der Waals surface area contributed by atoms with Gasteiger partial charge < -0.3 is 4.90 Å². The highest BCUT2D eigenvalue weighted by Crippen LogP contribution is 2.43. The number of carbonyl (C=O) groups excluding carboxylic acids is 1. The van der Waals surface area contributed by atoms with E-state index < -0.39 is 15.4 Å². The standard InChI is InChI=1S/C20H22ClFN2O3S2/c21-17-6-7-18(28-17)29(26,27)24-12-10-23(11-13-24)19(25)20(8-1-2-9-20)15-4-3-5-16(22)14-15/h3-7,14H,1-2,8-13H2. The fourth-order valence-corrected chi connectivity index (χ4v) is 7.45. The molecular weight excluding hydrogens is 435 g/mol. The van der Waals surface area contributed by atoms with E-state index in [1.54, 1.807) is 17.0 Å². The van der Waals surface area contributed by atoms with Crippen molar-refractivity contribution in [3.05, 3.63) is 52.1 Å². The van der Waals surface area contributed by atoms with Crippen LogP contribution >= 0.6 is 22.9 Å². The number of piperazine rings is 1. The fourth-order valence-electron chi connectivity index (χ4n) is 4.39. The molecule has 2 aliphatic rings. The van der Waals surface area contributed by atoms with Crippen molar-refractivity contribution in [1.29, 1.82) is 0 Å². The zero-order valence-corrected chi connectivity index (χ0v) is 18.2. The van der Waals surface area contributed by atoms with Crippen LogP contribution in [0.4, 0.5) is 4.39 Å². The Hall–Kier alpha value is -1.48. The number of hydrogen-bond donors (Lipinski definition) is 0. The highest BCUT2D eigenvalue weighted by atomic mass is 35.5. The summed E-state index contributed by atoms with van der Waals surface area (Å²) >= 11 is 6.92. The van der Waals surface area contributed by atoms with E-state index in [2.05, 4.69) is 0 Å². The minimum absolute atomic E-state index is 0.0168. The van der Waals surface area contributed by atoms with E-state index in [1.807, 2.05) is 6.07 Å². The Bertz CT molecular complexity index is 1010. The lowest BCUT2D eigenvalue weighted by atomic mass is 9.77. The maximum absolute atomic E-state index is 13.8. The second-order valence-electron chi connectivity index (χ2n) is 7.55. The van der Waals surface area contributed by atoms with Gasteiger partial charge in [-0.1, -0.05) is 36.6 Å². The molecule has 1 aliphatic heterocycles. The van der Waals surface area contributed by atoms with Crippen LogP contribution in [-0.4, -0.2) is 49.7 Å². The van der Waals surface area contributed by atoms with Gasteiger partial charge in [0.15, 0.2) is 0 Å². The lowest BCUT2D eigenvalue weighted by molar-refractivity contribution is -0.138. The fraction of sp³-hybridized carbons (Fsp3) is 0.450. The van der Waals surface area contributed by atoms with Gasteiger partial charge in [-0.05, 0) is 42.7 Å². The third kappa shape index (κ3) is 3.83. The lowest BCUT2D eigenvalue weighted by Gasteiger charge is -2.39. The van der Waals surface area contributed by atoms with Gasteiger partial charge in [0, 0.05) is 26.2 Å². The van der Waals surface area contributed by atoms with Gasteiger partial charge in [-0.15, -0.1) is 11.3 Å². The number of thiophene rings is 1. The minimum atomic E-state index is -3.60. The molecule has 2 fully saturated rings. The van der Waals surface area contributed by atoms with Crippen LogP contribution in [0.1, 0.15) is 31.2 Å². The maximum Gasteiger partial charge on any atom is 0.252 e. The SMILES string of the molecule is O=C(N1CCN(S(=O)(=O)c2ccc(Cl)s2)CC1)C1(c2cccc(F)c2)CCCC1.